The lowest BCUT2D eigenvalue weighted by Gasteiger charge is -2.35. The molecule has 2 saturated heterocycles. The molecule has 1 aromatic rings. The fourth-order valence-electron chi connectivity index (χ4n) is 3.90. The highest BCUT2D eigenvalue weighted by Gasteiger charge is 2.39. The molecule has 2 aliphatic rings. The minimum absolute atomic E-state index is 0.00362. The summed E-state index contributed by atoms with van der Waals surface area (Å²) >= 11 is 0. The predicted octanol–water partition coefficient (Wildman–Crippen LogP) is 1.89. The van der Waals surface area contributed by atoms with Crippen molar-refractivity contribution < 1.29 is 13.2 Å². The van der Waals surface area contributed by atoms with E-state index in [1.807, 2.05) is 11.0 Å². The van der Waals surface area contributed by atoms with E-state index in [0.29, 0.717) is 18.9 Å². The molecule has 6 heteroatoms. The van der Waals surface area contributed by atoms with Gasteiger partial charge in [0, 0.05) is 19.6 Å². The zero-order valence-corrected chi connectivity index (χ0v) is 15.0. The molecule has 1 atom stereocenters. The van der Waals surface area contributed by atoms with Gasteiger partial charge in [0.2, 0.25) is 15.9 Å². The van der Waals surface area contributed by atoms with E-state index in [-0.39, 0.29) is 5.91 Å². The van der Waals surface area contributed by atoms with Crippen molar-refractivity contribution in [2.45, 2.75) is 38.1 Å². The number of hydrogen-bond acceptors (Lipinski definition) is 3. The maximum absolute atomic E-state index is 12.7. The highest BCUT2D eigenvalue weighted by molar-refractivity contribution is 7.88. The smallest absolute Gasteiger partial charge is 0.241 e. The molecular formula is C18H26N2O3S. The van der Waals surface area contributed by atoms with Crippen LogP contribution in [0.3, 0.4) is 0 Å². The van der Waals surface area contributed by atoms with Crippen LogP contribution in [0.4, 0.5) is 0 Å². The van der Waals surface area contributed by atoms with Crippen LogP contribution in [-0.2, 0) is 21.2 Å². The Labute approximate surface area is 144 Å². The van der Waals surface area contributed by atoms with E-state index in [1.54, 1.807) is 0 Å². The van der Waals surface area contributed by atoms with Crippen LogP contribution in [0.2, 0.25) is 0 Å². The number of amides is 1. The highest BCUT2D eigenvalue weighted by Crippen LogP contribution is 2.26. The van der Waals surface area contributed by atoms with Crippen LogP contribution >= 0.6 is 0 Å². The Balaban J connectivity index is 1.55. The fraction of sp³-hybridized carbons (Fsp3) is 0.611. The molecule has 1 aromatic carbocycles. The monoisotopic (exact) mass is 350 g/mol. The number of rotatable bonds is 4. The SMILES string of the molecule is CS(=O)(=O)N1CCC[C@H]1C(=O)N1CCC(Cc2ccccc2)CC1. The molecule has 0 aromatic heterocycles. The molecule has 2 fully saturated rings. The molecule has 0 radical (unpaired) electrons. The molecule has 2 aliphatic heterocycles. The van der Waals surface area contributed by atoms with Gasteiger partial charge >= 0.3 is 0 Å². The summed E-state index contributed by atoms with van der Waals surface area (Å²) in [4.78, 5) is 14.6. The van der Waals surface area contributed by atoms with E-state index in [0.717, 1.165) is 38.8 Å². The number of sulfonamides is 1. The first kappa shape index (κ1) is 17.4. The molecule has 3 rings (SSSR count). The van der Waals surface area contributed by atoms with Gasteiger partial charge in [-0.3, -0.25) is 4.79 Å². The minimum atomic E-state index is -3.30. The second-order valence-corrected chi connectivity index (χ2v) is 8.93. The summed E-state index contributed by atoms with van der Waals surface area (Å²) in [6.45, 7) is 1.95. The van der Waals surface area contributed by atoms with Crippen molar-refractivity contribution in [1.29, 1.82) is 0 Å². The summed E-state index contributed by atoms with van der Waals surface area (Å²) in [5, 5.41) is 0. The number of carbonyl (C=O) groups is 1. The van der Waals surface area contributed by atoms with E-state index in [4.69, 9.17) is 0 Å². The largest absolute Gasteiger partial charge is 0.341 e. The highest BCUT2D eigenvalue weighted by atomic mass is 32.2. The van der Waals surface area contributed by atoms with Crippen molar-refractivity contribution in [3.63, 3.8) is 0 Å². The van der Waals surface area contributed by atoms with Gasteiger partial charge in [0.15, 0.2) is 0 Å². The summed E-state index contributed by atoms with van der Waals surface area (Å²) in [6.07, 6.45) is 5.66. The topological polar surface area (TPSA) is 57.7 Å². The van der Waals surface area contributed by atoms with Crippen LogP contribution in [0.1, 0.15) is 31.2 Å². The second kappa shape index (κ2) is 7.23. The quantitative estimate of drug-likeness (QED) is 0.833. The standard InChI is InChI=1S/C18H26N2O3S/c1-24(22,23)20-11-5-8-17(20)18(21)19-12-9-16(10-13-19)14-15-6-3-2-4-7-15/h2-4,6-7,16-17H,5,8-14H2,1H3/t17-/m0/s1. The molecule has 2 heterocycles. The zero-order chi connectivity index (χ0) is 17.2. The maximum Gasteiger partial charge on any atom is 0.241 e. The number of hydrogen-bond donors (Lipinski definition) is 0. The van der Waals surface area contributed by atoms with Crippen LogP contribution in [-0.4, -0.2) is 55.5 Å². The van der Waals surface area contributed by atoms with Crippen molar-refractivity contribution in [1.82, 2.24) is 9.21 Å². The predicted molar refractivity (Wildman–Crippen MR) is 94.0 cm³/mol. The third-order valence-corrected chi connectivity index (χ3v) is 6.50. The van der Waals surface area contributed by atoms with Crippen molar-refractivity contribution >= 4 is 15.9 Å². The van der Waals surface area contributed by atoms with Gasteiger partial charge in [0.25, 0.3) is 0 Å². The van der Waals surface area contributed by atoms with E-state index >= 15 is 0 Å². The fourth-order valence-corrected chi connectivity index (χ4v) is 5.02. The van der Waals surface area contributed by atoms with Gasteiger partial charge in [-0.15, -0.1) is 0 Å². The molecule has 0 unspecified atom stereocenters. The van der Waals surface area contributed by atoms with Crippen molar-refractivity contribution in [2.24, 2.45) is 5.92 Å². The van der Waals surface area contributed by atoms with Crippen LogP contribution in [0, 0.1) is 5.92 Å². The molecule has 0 aliphatic carbocycles. The Bertz CT molecular complexity index is 667. The van der Waals surface area contributed by atoms with E-state index in [2.05, 4.69) is 24.3 Å². The number of benzene rings is 1. The Morgan fingerprint density at radius 1 is 1.08 bits per heavy atom. The molecule has 0 bridgehead atoms. The molecule has 5 nitrogen and oxygen atoms in total. The second-order valence-electron chi connectivity index (χ2n) is 6.99. The molecule has 0 saturated carbocycles. The van der Waals surface area contributed by atoms with Crippen molar-refractivity contribution in [2.75, 3.05) is 25.9 Å². The number of likely N-dealkylation sites (tertiary alicyclic amines) is 1. The summed E-state index contributed by atoms with van der Waals surface area (Å²) in [6, 6.07) is 9.98. The number of piperidine rings is 1. The van der Waals surface area contributed by atoms with E-state index < -0.39 is 16.1 Å². The van der Waals surface area contributed by atoms with Gasteiger partial charge in [-0.1, -0.05) is 30.3 Å². The average molecular weight is 350 g/mol. The van der Waals surface area contributed by atoms with E-state index in [1.165, 1.54) is 16.1 Å². The molecule has 1 amide bonds. The minimum Gasteiger partial charge on any atom is -0.341 e. The van der Waals surface area contributed by atoms with Gasteiger partial charge in [-0.25, -0.2) is 8.42 Å². The molecule has 132 valence electrons. The maximum atomic E-state index is 12.7. The lowest BCUT2D eigenvalue weighted by Crippen LogP contribution is -2.49. The first-order chi connectivity index (χ1) is 11.4. The zero-order valence-electron chi connectivity index (χ0n) is 14.2. The number of carbonyl (C=O) groups excluding carboxylic acids is 1. The van der Waals surface area contributed by atoms with Gasteiger partial charge in [0.1, 0.15) is 6.04 Å². The van der Waals surface area contributed by atoms with Gasteiger partial charge < -0.3 is 4.90 Å². The summed E-state index contributed by atoms with van der Waals surface area (Å²) in [5.41, 5.74) is 1.35. The lowest BCUT2D eigenvalue weighted by atomic mass is 9.90. The van der Waals surface area contributed by atoms with Gasteiger partial charge in [-0.2, -0.15) is 4.31 Å². The number of nitrogens with zero attached hydrogens (tertiary/aromatic N) is 2. The van der Waals surface area contributed by atoms with Crippen LogP contribution in [0.5, 0.6) is 0 Å². The average Bonchev–Trinajstić information content (AvgIpc) is 3.06. The van der Waals surface area contributed by atoms with Crippen LogP contribution < -0.4 is 0 Å². The summed E-state index contributed by atoms with van der Waals surface area (Å²) < 4.78 is 25.1. The van der Waals surface area contributed by atoms with Crippen LogP contribution in [0.15, 0.2) is 30.3 Å². The third-order valence-electron chi connectivity index (χ3n) is 5.21. The third kappa shape index (κ3) is 3.98. The summed E-state index contributed by atoms with van der Waals surface area (Å²) in [5.74, 6) is 0.599. The normalized spacial score (nSPS) is 23.5. The molecule has 24 heavy (non-hydrogen) atoms. The van der Waals surface area contributed by atoms with Crippen molar-refractivity contribution in [3.05, 3.63) is 35.9 Å². The first-order valence-corrected chi connectivity index (χ1v) is 10.6. The van der Waals surface area contributed by atoms with Crippen LogP contribution in [0.25, 0.3) is 0 Å². The molecule has 0 N–H and O–H groups in total. The van der Waals surface area contributed by atoms with Crippen molar-refractivity contribution in [3.8, 4) is 0 Å². The molecular weight excluding hydrogens is 324 g/mol. The Morgan fingerprint density at radius 2 is 1.75 bits per heavy atom. The first-order valence-electron chi connectivity index (χ1n) is 8.74. The van der Waals surface area contributed by atoms with E-state index in [9.17, 15) is 13.2 Å². The molecule has 0 spiro atoms. The Morgan fingerprint density at radius 3 is 2.38 bits per heavy atom. The Hall–Kier alpha value is -1.40. The lowest BCUT2D eigenvalue weighted by molar-refractivity contribution is -0.136. The summed E-state index contributed by atoms with van der Waals surface area (Å²) in [7, 11) is -3.30. The Kier molecular flexibility index (Phi) is 5.25. The van der Waals surface area contributed by atoms with Gasteiger partial charge in [-0.05, 0) is 43.6 Å². The van der Waals surface area contributed by atoms with Gasteiger partial charge in [0.05, 0.1) is 6.26 Å².